The number of aliphatic hydroxyl groups is 1. The maximum atomic E-state index is 14.7. The number of hydrogen-bond donors (Lipinski definition) is 3. The molecule has 8 nitrogen and oxygen atoms in total. The van der Waals surface area contributed by atoms with Gasteiger partial charge < -0.3 is 20.1 Å². The van der Waals surface area contributed by atoms with Crippen LogP contribution in [0.15, 0.2) is 72.9 Å². The highest BCUT2D eigenvalue weighted by Gasteiger charge is 2.44. The number of imidazole rings is 1. The number of aromatic amines is 1. The first-order valence-corrected chi connectivity index (χ1v) is 12.8. The second kappa shape index (κ2) is 11.3. The van der Waals surface area contributed by atoms with Gasteiger partial charge in [0.1, 0.15) is 36.1 Å². The van der Waals surface area contributed by atoms with Crippen LogP contribution in [0.1, 0.15) is 34.6 Å². The molecular formula is C29H26ClFN4O4. The number of imide groups is 1. The van der Waals surface area contributed by atoms with E-state index in [1.165, 1.54) is 12.3 Å². The van der Waals surface area contributed by atoms with Gasteiger partial charge in [-0.15, -0.1) is 0 Å². The van der Waals surface area contributed by atoms with Gasteiger partial charge in [0.15, 0.2) is 0 Å². The minimum absolute atomic E-state index is 0.119. The van der Waals surface area contributed by atoms with Crippen molar-refractivity contribution in [3.8, 4) is 17.0 Å². The minimum atomic E-state index is -0.915. The number of H-pyrrole nitrogens is 1. The maximum Gasteiger partial charge on any atom is 0.325 e. The number of aromatic nitrogens is 2. The Morgan fingerprint density at radius 1 is 1.13 bits per heavy atom. The third-order valence-corrected chi connectivity index (χ3v) is 6.92. The van der Waals surface area contributed by atoms with Crippen molar-refractivity contribution < 1.29 is 23.8 Å². The lowest BCUT2D eigenvalue weighted by atomic mass is 10.0. The summed E-state index contributed by atoms with van der Waals surface area (Å²) in [4.78, 5) is 35.6. The summed E-state index contributed by atoms with van der Waals surface area (Å²) in [5, 5.41) is 12.2. The number of aliphatic hydroxyl groups excluding tert-OH is 1. The van der Waals surface area contributed by atoms with E-state index >= 15 is 0 Å². The number of nitrogens with zero attached hydrogens (tertiary/aromatic N) is 2. The standard InChI is InChI=1S/C29H26ClFN4O4/c1-17-6-11-21(23(31)14-17)24-16-32-27(33-24)25(15-19-4-2-3-5-22(19)30)35-28(37)26(34-29(35)38)18-7-9-20(10-8-18)39-13-12-36/h2-11,14,16,25-26,36H,12-13,15H2,1H3,(H,32,33)(H,34,38)/t25?,26-/m1/s1. The molecule has 0 bridgehead atoms. The largest absolute Gasteiger partial charge is 0.491 e. The Morgan fingerprint density at radius 3 is 2.62 bits per heavy atom. The van der Waals surface area contributed by atoms with E-state index in [0.717, 1.165) is 16.0 Å². The lowest BCUT2D eigenvalue weighted by Gasteiger charge is -2.24. The van der Waals surface area contributed by atoms with E-state index < -0.39 is 29.8 Å². The van der Waals surface area contributed by atoms with Crippen molar-refractivity contribution in [1.82, 2.24) is 20.2 Å². The van der Waals surface area contributed by atoms with Crippen LogP contribution in [0.4, 0.5) is 9.18 Å². The average Bonchev–Trinajstić information content (AvgIpc) is 3.52. The van der Waals surface area contributed by atoms with Crippen LogP contribution in [-0.4, -0.2) is 45.1 Å². The summed E-state index contributed by atoms with van der Waals surface area (Å²) in [5.41, 5.74) is 2.83. The molecule has 200 valence electrons. The van der Waals surface area contributed by atoms with Crippen molar-refractivity contribution in [2.75, 3.05) is 13.2 Å². The number of carbonyl (C=O) groups excluding carboxylic acids is 2. The third-order valence-electron chi connectivity index (χ3n) is 6.55. The lowest BCUT2D eigenvalue weighted by Crippen LogP contribution is -2.37. The zero-order chi connectivity index (χ0) is 27.5. The summed E-state index contributed by atoms with van der Waals surface area (Å²) in [6.07, 6.45) is 1.69. The number of carbonyl (C=O) groups is 2. The van der Waals surface area contributed by atoms with Gasteiger partial charge in [0.2, 0.25) is 0 Å². The number of ether oxygens (including phenoxy) is 1. The van der Waals surface area contributed by atoms with Gasteiger partial charge in [-0.3, -0.25) is 9.69 Å². The highest BCUT2D eigenvalue weighted by molar-refractivity contribution is 6.31. The van der Waals surface area contributed by atoms with Gasteiger partial charge >= 0.3 is 6.03 Å². The van der Waals surface area contributed by atoms with Crippen molar-refractivity contribution in [1.29, 1.82) is 0 Å². The molecule has 3 N–H and O–H groups in total. The van der Waals surface area contributed by atoms with E-state index in [9.17, 15) is 14.0 Å². The second-order valence-corrected chi connectivity index (χ2v) is 9.62. The van der Waals surface area contributed by atoms with E-state index in [4.69, 9.17) is 21.4 Å². The SMILES string of the molecule is Cc1ccc(-c2cnc(C(Cc3ccccc3Cl)N3C(=O)N[C@H](c4ccc(OCCO)cc4)C3=O)[nH]2)c(F)c1. The predicted octanol–water partition coefficient (Wildman–Crippen LogP) is 5.13. The maximum absolute atomic E-state index is 14.7. The van der Waals surface area contributed by atoms with Crippen molar-refractivity contribution >= 4 is 23.5 Å². The quantitative estimate of drug-likeness (QED) is 0.251. The number of amides is 3. The van der Waals surface area contributed by atoms with Gasteiger partial charge in [-0.1, -0.05) is 48.0 Å². The summed E-state index contributed by atoms with van der Waals surface area (Å²) in [6, 6.07) is 16.4. The van der Waals surface area contributed by atoms with Crippen molar-refractivity contribution in [3.05, 3.63) is 106 Å². The first-order valence-electron chi connectivity index (χ1n) is 12.4. The van der Waals surface area contributed by atoms with E-state index in [1.54, 1.807) is 55.5 Å². The van der Waals surface area contributed by atoms with Gasteiger partial charge in [-0.05, 0) is 53.9 Å². The Labute approximate surface area is 229 Å². The van der Waals surface area contributed by atoms with E-state index in [1.807, 2.05) is 12.1 Å². The number of urea groups is 1. The molecule has 4 aromatic rings. The molecule has 2 heterocycles. The molecule has 3 amide bonds. The van der Waals surface area contributed by atoms with Crippen molar-refractivity contribution in [2.45, 2.75) is 25.4 Å². The highest BCUT2D eigenvalue weighted by Crippen LogP contribution is 2.34. The monoisotopic (exact) mass is 548 g/mol. The molecule has 0 spiro atoms. The number of nitrogens with one attached hydrogen (secondary N) is 2. The second-order valence-electron chi connectivity index (χ2n) is 9.21. The first kappa shape index (κ1) is 26.4. The normalized spacial score (nSPS) is 15.9. The molecule has 1 aliphatic rings. The van der Waals surface area contributed by atoms with Crippen LogP contribution in [-0.2, 0) is 11.2 Å². The third kappa shape index (κ3) is 5.50. The Morgan fingerprint density at radius 2 is 1.90 bits per heavy atom. The molecule has 1 unspecified atom stereocenters. The number of hydrogen-bond acceptors (Lipinski definition) is 5. The van der Waals surface area contributed by atoms with Crippen LogP contribution in [0.5, 0.6) is 5.75 Å². The fourth-order valence-corrected chi connectivity index (χ4v) is 4.81. The summed E-state index contributed by atoms with van der Waals surface area (Å²) < 4.78 is 20.1. The van der Waals surface area contributed by atoms with Gasteiger partial charge in [0.25, 0.3) is 5.91 Å². The Kier molecular flexibility index (Phi) is 7.63. The topological polar surface area (TPSA) is 108 Å². The fourth-order valence-electron chi connectivity index (χ4n) is 4.60. The van der Waals surface area contributed by atoms with Crippen LogP contribution >= 0.6 is 11.6 Å². The summed E-state index contributed by atoms with van der Waals surface area (Å²) in [5.74, 6) is -0.0128. The molecule has 39 heavy (non-hydrogen) atoms. The zero-order valence-electron chi connectivity index (χ0n) is 21.0. The van der Waals surface area contributed by atoms with Gasteiger partial charge in [0.05, 0.1) is 18.5 Å². The van der Waals surface area contributed by atoms with Crippen LogP contribution < -0.4 is 10.1 Å². The highest BCUT2D eigenvalue weighted by atomic mass is 35.5. The van der Waals surface area contributed by atoms with Gasteiger partial charge in [0, 0.05) is 17.0 Å². The van der Waals surface area contributed by atoms with E-state index in [0.29, 0.717) is 33.4 Å². The van der Waals surface area contributed by atoms with E-state index in [2.05, 4.69) is 15.3 Å². The molecule has 1 aromatic heterocycles. The molecule has 10 heteroatoms. The number of rotatable bonds is 9. The van der Waals surface area contributed by atoms with Gasteiger partial charge in [-0.25, -0.2) is 14.2 Å². The molecular weight excluding hydrogens is 523 g/mol. The Balaban J connectivity index is 1.48. The lowest BCUT2D eigenvalue weighted by molar-refractivity contribution is -0.129. The summed E-state index contributed by atoms with van der Waals surface area (Å²) >= 11 is 6.44. The molecule has 1 fully saturated rings. The number of benzene rings is 3. The van der Waals surface area contributed by atoms with Gasteiger partial charge in [-0.2, -0.15) is 0 Å². The van der Waals surface area contributed by atoms with Crippen LogP contribution in [0.3, 0.4) is 0 Å². The molecule has 0 radical (unpaired) electrons. The fraction of sp³-hybridized carbons (Fsp3) is 0.207. The molecule has 1 aliphatic heterocycles. The molecule has 3 aromatic carbocycles. The number of halogens is 2. The van der Waals surface area contributed by atoms with Crippen molar-refractivity contribution in [2.24, 2.45) is 0 Å². The summed E-state index contributed by atoms with van der Waals surface area (Å²) in [7, 11) is 0. The Bertz CT molecular complexity index is 1510. The predicted molar refractivity (Wildman–Crippen MR) is 144 cm³/mol. The van der Waals surface area contributed by atoms with Crippen LogP contribution in [0.25, 0.3) is 11.3 Å². The molecule has 1 saturated heterocycles. The minimum Gasteiger partial charge on any atom is -0.491 e. The van der Waals surface area contributed by atoms with Crippen LogP contribution in [0, 0.1) is 12.7 Å². The van der Waals surface area contributed by atoms with E-state index in [-0.39, 0.29) is 19.6 Å². The van der Waals surface area contributed by atoms with Crippen LogP contribution in [0.2, 0.25) is 5.02 Å². The molecule has 2 atom stereocenters. The average molecular weight is 549 g/mol. The first-order chi connectivity index (χ1) is 18.9. The summed E-state index contributed by atoms with van der Waals surface area (Å²) in [6.45, 7) is 1.83. The number of aryl methyl sites for hydroxylation is 1. The molecule has 0 saturated carbocycles. The van der Waals surface area contributed by atoms with Crippen molar-refractivity contribution in [3.63, 3.8) is 0 Å². The zero-order valence-corrected chi connectivity index (χ0v) is 21.8. The molecule has 5 rings (SSSR count). The Hall–Kier alpha value is -4.21. The molecule has 0 aliphatic carbocycles. The smallest absolute Gasteiger partial charge is 0.325 e.